The van der Waals surface area contributed by atoms with Gasteiger partial charge in [0.1, 0.15) is 6.26 Å². The molecule has 0 saturated carbocycles. The fourth-order valence-corrected chi connectivity index (χ4v) is 1.99. The van der Waals surface area contributed by atoms with Crippen LogP contribution in [-0.2, 0) is 6.54 Å². The summed E-state index contributed by atoms with van der Waals surface area (Å²) >= 11 is 0. The van der Waals surface area contributed by atoms with E-state index in [9.17, 15) is 0 Å². The highest BCUT2D eigenvalue weighted by Crippen LogP contribution is 2.19. The van der Waals surface area contributed by atoms with Crippen molar-refractivity contribution in [3.05, 3.63) is 41.8 Å². The van der Waals surface area contributed by atoms with Gasteiger partial charge >= 0.3 is 0 Å². The minimum Gasteiger partial charge on any atom is -0.444 e. The molecule has 0 aliphatic heterocycles. The Morgan fingerprint density at radius 1 is 1.10 bits per heavy atom. The molecule has 0 bridgehead atoms. The fraction of sp³-hybridized carbons (Fsp3) is 0.400. The Labute approximate surface area is 118 Å². The van der Waals surface area contributed by atoms with E-state index in [0.717, 1.165) is 11.3 Å². The van der Waals surface area contributed by atoms with E-state index in [0.29, 0.717) is 25.5 Å². The summed E-state index contributed by atoms with van der Waals surface area (Å²) in [6.07, 6.45) is 1.62. The molecule has 2 N–H and O–H groups in total. The summed E-state index contributed by atoms with van der Waals surface area (Å²) in [5.74, 6) is 0.591. The second-order valence-corrected chi connectivity index (χ2v) is 4.73. The number of rotatable bonds is 7. The number of hydrogen-bond acceptors (Lipinski definition) is 5. The summed E-state index contributed by atoms with van der Waals surface area (Å²) < 4.78 is 5.48. The Bertz CT molecular complexity index is 516. The van der Waals surface area contributed by atoms with E-state index in [1.54, 1.807) is 6.26 Å². The molecular weight excluding hydrogens is 256 g/mol. The first-order valence-corrected chi connectivity index (χ1v) is 6.68. The zero-order chi connectivity index (χ0) is 14.4. The highest BCUT2D eigenvalue weighted by molar-refractivity contribution is 5.53. The highest BCUT2D eigenvalue weighted by atomic mass is 16.3. The van der Waals surface area contributed by atoms with Crippen LogP contribution in [0, 0.1) is 6.92 Å². The lowest BCUT2D eigenvalue weighted by Gasteiger charge is -2.18. The molecule has 108 valence electrons. The van der Waals surface area contributed by atoms with Gasteiger partial charge in [0, 0.05) is 25.2 Å². The molecule has 5 heteroatoms. The van der Waals surface area contributed by atoms with Crippen LogP contribution in [-0.4, -0.2) is 46.4 Å². The Morgan fingerprint density at radius 2 is 1.75 bits per heavy atom. The van der Waals surface area contributed by atoms with Crippen LogP contribution < -0.4 is 0 Å². The largest absolute Gasteiger partial charge is 0.444 e. The number of benzene rings is 1. The van der Waals surface area contributed by atoms with E-state index in [2.05, 4.69) is 4.98 Å². The topological polar surface area (TPSA) is 69.7 Å². The van der Waals surface area contributed by atoms with Crippen molar-refractivity contribution in [2.24, 2.45) is 0 Å². The molecule has 2 rings (SSSR count). The molecule has 0 radical (unpaired) electrons. The molecule has 0 fully saturated rings. The standard InChI is InChI=1S/C15H20N2O3/c1-12-2-4-13(5-3-12)15-16-14(11-20-15)10-17(6-8-18)7-9-19/h2-5,11,18-19H,6-10H2,1H3. The first kappa shape index (κ1) is 14.7. The summed E-state index contributed by atoms with van der Waals surface area (Å²) in [7, 11) is 0. The quantitative estimate of drug-likeness (QED) is 0.800. The van der Waals surface area contributed by atoms with Gasteiger partial charge in [-0.05, 0) is 19.1 Å². The number of aromatic nitrogens is 1. The molecular formula is C15H20N2O3. The predicted octanol–water partition coefficient (Wildman–Crippen LogP) is 1.44. The molecule has 1 heterocycles. The van der Waals surface area contributed by atoms with Crippen molar-refractivity contribution in [2.45, 2.75) is 13.5 Å². The van der Waals surface area contributed by atoms with E-state index >= 15 is 0 Å². The van der Waals surface area contributed by atoms with E-state index in [4.69, 9.17) is 14.6 Å². The molecule has 0 aliphatic rings. The number of oxazole rings is 1. The highest BCUT2D eigenvalue weighted by Gasteiger charge is 2.10. The van der Waals surface area contributed by atoms with Crippen molar-refractivity contribution in [1.29, 1.82) is 0 Å². The van der Waals surface area contributed by atoms with Crippen LogP contribution in [0.25, 0.3) is 11.5 Å². The summed E-state index contributed by atoms with van der Waals surface area (Å²) in [6, 6.07) is 7.99. The molecule has 2 aromatic rings. The maximum absolute atomic E-state index is 8.98. The molecule has 0 aliphatic carbocycles. The second-order valence-electron chi connectivity index (χ2n) is 4.73. The third-order valence-corrected chi connectivity index (χ3v) is 3.07. The lowest BCUT2D eigenvalue weighted by atomic mass is 10.1. The first-order chi connectivity index (χ1) is 9.72. The molecule has 0 amide bonds. The SMILES string of the molecule is Cc1ccc(-c2nc(CN(CCO)CCO)co2)cc1. The van der Waals surface area contributed by atoms with E-state index in [1.165, 1.54) is 5.56 Å². The number of aliphatic hydroxyl groups excluding tert-OH is 2. The Kier molecular flexibility index (Phi) is 5.29. The van der Waals surface area contributed by atoms with Gasteiger partial charge in [-0.3, -0.25) is 4.90 Å². The molecule has 20 heavy (non-hydrogen) atoms. The predicted molar refractivity (Wildman–Crippen MR) is 76.1 cm³/mol. The van der Waals surface area contributed by atoms with Gasteiger partial charge < -0.3 is 14.6 Å². The molecule has 0 unspecified atom stereocenters. The summed E-state index contributed by atoms with van der Waals surface area (Å²) in [4.78, 5) is 6.37. The molecule has 5 nitrogen and oxygen atoms in total. The monoisotopic (exact) mass is 276 g/mol. The lowest BCUT2D eigenvalue weighted by Crippen LogP contribution is -2.29. The smallest absolute Gasteiger partial charge is 0.226 e. The summed E-state index contributed by atoms with van der Waals surface area (Å²) in [5, 5.41) is 18.0. The average Bonchev–Trinajstić information content (AvgIpc) is 2.89. The van der Waals surface area contributed by atoms with Gasteiger partial charge in [0.25, 0.3) is 0 Å². The van der Waals surface area contributed by atoms with Gasteiger partial charge in [-0.15, -0.1) is 0 Å². The summed E-state index contributed by atoms with van der Waals surface area (Å²) in [5.41, 5.74) is 2.93. The van der Waals surface area contributed by atoms with Crippen molar-refractivity contribution in [2.75, 3.05) is 26.3 Å². The Morgan fingerprint density at radius 3 is 2.35 bits per heavy atom. The Balaban J connectivity index is 2.06. The van der Waals surface area contributed by atoms with Gasteiger partial charge in [-0.2, -0.15) is 0 Å². The first-order valence-electron chi connectivity index (χ1n) is 6.68. The van der Waals surface area contributed by atoms with Crippen LogP contribution in [0.3, 0.4) is 0 Å². The van der Waals surface area contributed by atoms with Crippen molar-refractivity contribution in [1.82, 2.24) is 9.88 Å². The molecule has 0 saturated heterocycles. The molecule has 1 aromatic carbocycles. The van der Waals surface area contributed by atoms with Crippen LogP contribution in [0.1, 0.15) is 11.3 Å². The van der Waals surface area contributed by atoms with Crippen molar-refractivity contribution < 1.29 is 14.6 Å². The van der Waals surface area contributed by atoms with Gasteiger partial charge in [-0.1, -0.05) is 17.7 Å². The zero-order valence-electron chi connectivity index (χ0n) is 11.6. The molecule has 1 aromatic heterocycles. The maximum Gasteiger partial charge on any atom is 0.226 e. The van der Waals surface area contributed by atoms with Gasteiger partial charge in [0.15, 0.2) is 0 Å². The van der Waals surface area contributed by atoms with Gasteiger partial charge in [0.2, 0.25) is 5.89 Å². The van der Waals surface area contributed by atoms with Gasteiger partial charge in [-0.25, -0.2) is 4.98 Å². The van der Waals surface area contributed by atoms with Crippen molar-refractivity contribution in [3.8, 4) is 11.5 Å². The normalized spacial score (nSPS) is 11.2. The van der Waals surface area contributed by atoms with Gasteiger partial charge in [0.05, 0.1) is 18.9 Å². The number of hydrogen-bond donors (Lipinski definition) is 2. The van der Waals surface area contributed by atoms with Crippen LogP contribution in [0.15, 0.2) is 34.9 Å². The zero-order valence-corrected chi connectivity index (χ0v) is 11.6. The van der Waals surface area contributed by atoms with Crippen LogP contribution in [0.2, 0.25) is 0 Å². The third kappa shape index (κ3) is 3.90. The minimum absolute atomic E-state index is 0.0582. The number of nitrogens with zero attached hydrogens (tertiary/aromatic N) is 2. The minimum atomic E-state index is 0.0582. The van der Waals surface area contributed by atoms with E-state index in [-0.39, 0.29) is 13.2 Å². The van der Waals surface area contributed by atoms with Crippen LogP contribution in [0.4, 0.5) is 0 Å². The van der Waals surface area contributed by atoms with Crippen molar-refractivity contribution >= 4 is 0 Å². The maximum atomic E-state index is 8.98. The summed E-state index contributed by atoms with van der Waals surface area (Å²) in [6.45, 7) is 3.72. The van der Waals surface area contributed by atoms with Crippen LogP contribution >= 0.6 is 0 Å². The molecule has 0 spiro atoms. The fourth-order valence-electron chi connectivity index (χ4n) is 1.99. The van der Waals surface area contributed by atoms with E-state index < -0.39 is 0 Å². The average molecular weight is 276 g/mol. The number of aryl methyl sites for hydroxylation is 1. The van der Waals surface area contributed by atoms with E-state index in [1.807, 2.05) is 36.1 Å². The van der Waals surface area contributed by atoms with Crippen LogP contribution in [0.5, 0.6) is 0 Å². The lowest BCUT2D eigenvalue weighted by molar-refractivity contribution is 0.154. The number of aliphatic hydroxyl groups is 2. The molecule has 0 atom stereocenters. The van der Waals surface area contributed by atoms with Crippen molar-refractivity contribution in [3.63, 3.8) is 0 Å². The second kappa shape index (κ2) is 7.19. The third-order valence-electron chi connectivity index (χ3n) is 3.07. The Hall–Kier alpha value is -1.69.